The van der Waals surface area contributed by atoms with Crippen molar-refractivity contribution >= 4 is 23.1 Å². The second kappa shape index (κ2) is 9.81. The fourth-order valence-electron chi connectivity index (χ4n) is 3.03. The lowest BCUT2D eigenvalue weighted by atomic mass is 9.90. The molecule has 2 aromatic rings. The minimum atomic E-state index is -4.44. The fraction of sp³-hybridized carbons (Fsp3) is 0.208. The average molecular weight is 434 g/mol. The van der Waals surface area contributed by atoms with E-state index in [9.17, 15) is 18.0 Å². The quantitative estimate of drug-likeness (QED) is 0.355. The van der Waals surface area contributed by atoms with Gasteiger partial charge in [0.1, 0.15) is 0 Å². The molecule has 1 N–H and O–H groups in total. The molecule has 2 nitrogen and oxygen atoms in total. The van der Waals surface area contributed by atoms with Crippen LogP contribution in [0.1, 0.15) is 41.6 Å². The first kappa shape index (κ1) is 23.5. The van der Waals surface area contributed by atoms with Crippen LogP contribution >= 0.6 is 11.6 Å². The van der Waals surface area contributed by atoms with Gasteiger partial charge in [0.25, 0.3) is 0 Å². The molecule has 2 rings (SSSR count). The third-order valence-corrected chi connectivity index (χ3v) is 5.04. The van der Waals surface area contributed by atoms with Crippen molar-refractivity contribution in [1.29, 1.82) is 0 Å². The number of benzene rings is 2. The van der Waals surface area contributed by atoms with E-state index in [0.29, 0.717) is 27.3 Å². The van der Waals surface area contributed by atoms with E-state index in [1.807, 2.05) is 19.1 Å². The Morgan fingerprint density at radius 2 is 1.90 bits per heavy atom. The summed E-state index contributed by atoms with van der Waals surface area (Å²) in [5.41, 5.74) is 2.29. The summed E-state index contributed by atoms with van der Waals surface area (Å²) in [6.07, 6.45) is -2.35. The van der Waals surface area contributed by atoms with Crippen LogP contribution in [0.2, 0.25) is 5.02 Å². The van der Waals surface area contributed by atoms with Crippen LogP contribution in [0.3, 0.4) is 0 Å². The molecule has 158 valence electrons. The second-order valence-electron chi connectivity index (χ2n) is 6.87. The molecule has 6 heteroatoms. The molecule has 0 aliphatic carbocycles. The Morgan fingerprint density at radius 3 is 2.50 bits per heavy atom. The van der Waals surface area contributed by atoms with Gasteiger partial charge in [0, 0.05) is 5.02 Å². The van der Waals surface area contributed by atoms with Gasteiger partial charge in [0.2, 0.25) is 5.91 Å². The highest BCUT2D eigenvalue weighted by Gasteiger charge is 2.30. The predicted molar refractivity (Wildman–Crippen MR) is 116 cm³/mol. The Hall–Kier alpha value is -2.79. The molecule has 1 amide bonds. The number of carbonyl (C=O) groups is 1. The highest BCUT2D eigenvalue weighted by atomic mass is 35.5. The lowest BCUT2D eigenvalue weighted by Gasteiger charge is -2.24. The van der Waals surface area contributed by atoms with Crippen LogP contribution in [0.4, 0.5) is 13.2 Å². The first-order valence-corrected chi connectivity index (χ1v) is 9.69. The van der Waals surface area contributed by atoms with Gasteiger partial charge in [0.15, 0.2) is 0 Å². The third kappa shape index (κ3) is 5.86. The molecule has 0 heterocycles. The lowest BCUT2D eigenvalue weighted by molar-refractivity contribution is -0.137. The Kier molecular flexibility index (Phi) is 7.68. The standard InChI is InChI=1S/C24H23ClF3NO/c1-5-17-10-11-21(25)20(13-17)23(29-22(30)6-2)16(4)12-15(3)18-8-7-9-19(14-18)24(26,27)28/h6-11,13-14,23H,2-5,12H2,1H3,(H,29,30). The van der Waals surface area contributed by atoms with Crippen molar-refractivity contribution in [1.82, 2.24) is 5.32 Å². The predicted octanol–water partition coefficient (Wildman–Crippen LogP) is 6.92. The number of amides is 1. The van der Waals surface area contributed by atoms with Gasteiger partial charge in [-0.1, -0.05) is 62.5 Å². The number of aryl methyl sites for hydroxylation is 1. The molecule has 0 bridgehead atoms. The van der Waals surface area contributed by atoms with Crippen molar-refractivity contribution in [2.24, 2.45) is 0 Å². The second-order valence-corrected chi connectivity index (χ2v) is 7.28. The summed E-state index contributed by atoms with van der Waals surface area (Å²) in [6.45, 7) is 13.4. The minimum absolute atomic E-state index is 0.177. The van der Waals surface area contributed by atoms with Crippen LogP contribution in [-0.4, -0.2) is 5.91 Å². The van der Waals surface area contributed by atoms with E-state index in [2.05, 4.69) is 25.1 Å². The maximum Gasteiger partial charge on any atom is 0.416 e. The van der Waals surface area contributed by atoms with E-state index in [0.717, 1.165) is 30.2 Å². The maximum absolute atomic E-state index is 13.0. The van der Waals surface area contributed by atoms with E-state index < -0.39 is 23.7 Å². The number of alkyl halides is 3. The number of nitrogens with one attached hydrogen (secondary N) is 1. The summed E-state index contributed by atoms with van der Waals surface area (Å²) in [5, 5.41) is 3.26. The largest absolute Gasteiger partial charge is 0.416 e. The summed E-state index contributed by atoms with van der Waals surface area (Å²) in [4.78, 5) is 12.0. The average Bonchev–Trinajstić information content (AvgIpc) is 2.71. The molecule has 0 saturated carbocycles. The van der Waals surface area contributed by atoms with Crippen molar-refractivity contribution in [3.05, 3.63) is 101 Å². The summed E-state index contributed by atoms with van der Waals surface area (Å²) >= 11 is 6.38. The number of carbonyl (C=O) groups excluding carboxylic acids is 1. The van der Waals surface area contributed by atoms with Gasteiger partial charge in [-0.25, -0.2) is 0 Å². The van der Waals surface area contributed by atoms with Gasteiger partial charge in [-0.05, 0) is 65.0 Å². The van der Waals surface area contributed by atoms with Gasteiger partial charge in [-0.3, -0.25) is 4.79 Å². The fourth-order valence-corrected chi connectivity index (χ4v) is 3.26. The van der Waals surface area contributed by atoms with Crippen molar-refractivity contribution < 1.29 is 18.0 Å². The van der Waals surface area contributed by atoms with E-state index in [1.165, 1.54) is 6.07 Å². The zero-order valence-corrected chi connectivity index (χ0v) is 17.4. The number of rotatable bonds is 8. The Balaban J connectivity index is 2.34. The summed E-state index contributed by atoms with van der Waals surface area (Å²) < 4.78 is 39.1. The third-order valence-electron chi connectivity index (χ3n) is 4.70. The SMILES string of the molecule is C=CC(=O)NC(C(=C)CC(=C)c1cccc(C(F)(F)F)c1)c1cc(CC)ccc1Cl. The molecule has 1 atom stereocenters. The zero-order valence-electron chi connectivity index (χ0n) is 16.7. The van der Waals surface area contributed by atoms with Crippen LogP contribution in [0.15, 0.2) is 73.9 Å². The monoisotopic (exact) mass is 433 g/mol. The molecule has 1 unspecified atom stereocenters. The molecule has 0 radical (unpaired) electrons. The first-order chi connectivity index (χ1) is 14.1. The van der Waals surface area contributed by atoms with Crippen molar-refractivity contribution in [3.63, 3.8) is 0 Å². The van der Waals surface area contributed by atoms with Crippen LogP contribution in [0.5, 0.6) is 0 Å². The van der Waals surface area contributed by atoms with Gasteiger partial charge < -0.3 is 5.32 Å². The Morgan fingerprint density at radius 1 is 1.20 bits per heavy atom. The first-order valence-electron chi connectivity index (χ1n) is 9.31. The molecule has 0 aliphatic heterocycles. The van der Waals surface area contributed by atoms with Crippen LogP contribution in [-0.2, 0) is 17.4 Å². The van der Waals surface area contributed by atoms with Crippen LogP contribution < -0.4 is 5.32 Å². The molecular formula is C24H23ClF3NO. The highest BCUT2D eigenvalue weighted by Crippen LogP contribution is 2.35. The molecule has 0 spiro atoms. The zero-order chi connectivity index (χ0) is 22.5. The smallest absolute Gasteiger partial charge is 0.342 e. The highest BCUT2D eigenvalue weighted by molar-refractivity contribution is 6.31. The normalized spacial score (nSPS) is 12.2. The summed E-state index contributed by atoms with van der Waals surface area (Å²) in [5.74, 6) is -0.413. The molecule has 0 saturated heterocycles. The number of allylic oxidation sites excluding steroid dienone is 1. The Labute approximate surface area is 179 Å². The van der Waals surface area contributed by atoms with E-state index >= 15 is 0 Å². The van der Waals surface area contributed by atoms with Gasteiger partial charge >= 0.3 is 6.18 Å². The summed E-state index contributed by atoms with van der Waals surface area (Å²) in [7, 11) is 0. The minimum Gasteiger partial charge on any atom is -0.342 e. The molecule has 2 aromatic carbocycles. The van der Waals surface area contributed by atoms with Gasteiger partial charge in [0.05, 0.1) is 11.6 Å². The number of hydrogen-bond donors (Lipinski definition) is 1. The maximum atomic E-state index is 13.0. The number of halogens is 4. The van der Waals surface area contributed by atoms with E-state index in [-0.39, 0.29) is 6.42 Å². The molecule has 30 heavy (non-hydrogen) atoms. The van der Waals surface area contributed by atoms with Crippen molar-refractivity contribution in [2.75, 3.05) is 0 Å². The molecule has 0 aromatic heterocycles. The lowest BCUT2D eigenvalue weighted by Crippen LogP contribution is -2.28. The van der Waals surface area contributed by atoms with Gasteiger partial charge in [-0.2, -0.15) is 13.2 Å². The van der Waals surface area contributed by atoms with E-state index in [4.69, 9.17) is 11.6 Å². The van der Waals surface area contributed by atoms with Crippen LogP contribution in [0, 0.1) is 0 Å². The topological polar surface area (TPSA) is 29.1 Å². The van der Waals surface area contributed by atoms with Crippen LogP contribution in [0.25, 0.3) is 5.57 Å². The van der Waals surface area contributed by atoms with Gasteiger partial charge in [-0.15, -0.1) is 0 Å². The molecule has 0 fully saturated rings. The Bertz CT molecular complexity index is 979. The molecular weight excluding hydrogens is 411 g/mol. The van der Waals surface area contributed by atoms with Crippen molar-refractivity contribution in [2.45, 2.75) is 32.0 Å². The van der Waals surface area contributed by atoms with Crippen molar-refractivity contribution in [3.8, 4) is 0 Å². The molecule has 0 aliphatic rings. The number of hydrogen-bond acceptors (Lipinski definition) is 1. The summed E-state index contributed by atoms with van der Waals surface area (Å²) in [6, 6.07) is 9.84. The van der Waals surface area contributed by atoms with E-state index in [1.54, 1.807) is 12.1 Å².